The van der Waals surface area contributed by atoms with Crippen LogP contribution in [0.3, 0.4) is 0 Å². The maximum absolute atomic E-state index is 4.80. The molecular formula is C18H12BrNS. The summed E-state index contributed by atoms with van der Waals surface area (Å²) in [4.78, 5) is 4.80. The molecular weight excluding hydrogens is 342 g/mol. The SMILES string of the molecule is BrCc1ccc(-c2nc3ccccc3s2)c2ccccc12. The molecule has 0 bridgehead atoms. The van der Waals surface area contributed by atoms with Crippen LogP contribution in [0.4, 0.5) is 0 Å². The van der Waals surface area contributed by atoms with Gasteiger partial charge in [0.15, 0.2) is 0 Å². The molecule has 1 heterocycles. The van der Waals surface area contributed by atoms with Crippen molar-refractivity contribution in [2.24, 2.45) is 0 Å². The third kappa shape index (κ3) is 2.17. The number of nitrogens with zero attached hydrogens (tertiary/aromatic N) is 1. The van der Waals surface area contributed by atoms with Gasteiger partial charge < -0.3 is 0 Å². The molecule has 0 saturated heterocycles. The molecule has 0 amide bonds. The summed E-state index contributed by atoms with van der Waals surface area (Å²) in [5.74, 6) is 0. The van der Waals surface area contributed by atoms with E-state index < -0.39 is 0 Å². The fourth-order valence-electron chi connectivity index (χ4n) is 2.65. The van der Waals surface area contributed by atoms with Gasteiger partial charge in [-0.1, -0.05) is 64.5 Å². The minimum Gasteiger partial charge on any atom is -0.236 e. The van der Waals surface area contributed by atoms with Crippen molar-refractivity contribution in [3.63, 3.8) is 0 Å². The van der Waals surface area contributed by atoms with Crippen LogP contribution < -0.4 is 0 Å². The van der Waals surface area contributed by atoms with E-state index in [2.05, 4.69) is 70.5 Å². The molecule has 1 nitrogen and oxygen atoms in total. The van der Waals surface area contributed by atoms with Crippen molar-refractivity contribution in [3.8, 4) is 10.6 Å². The maximum atomic E-state index is 4.80. The summed E-state index contributed by atoms with van der Waals surface area (Å²) >= 11 is 5.33. The normalized spacial score (nSPS) is 11.3. The van der Waals surface area contributed by atoms with Gasteiger partial charge in [0, 0.05) is 10.9 Å². The quantitative estimate of drug-likeness (QED) is 0.402. The third-order valence-electron chi connectivity index (χ3n) is 3.68. The van der Waals surface area contributed by atoms with E-state index >= 15 is 0 Å². The highest BCUT2D eigenvalue weighted by Crippen LogP contribution is 2.36. The van der Waals surface area contributed by atoms with E-state index in [-0.39, 0.29) is 0 Å². The Hall–Kier alpha value is -1.71. The molecule has 0 fully saturated rings. The van der Waals surface area contributed by atoms with Gasteiger partial charge in [0.25, 0.3) is 0 Å². The Balaban J connectivity index is 2.02. The molecule has 3 heteroatoms. The average Bonchev–Trinajstić information content (AvgIpc) is 2.97. The second-order valence-electron chi connectivity index (χ2n) is 4.94. The fourth-order valence-corrected chi connectivity index (χ4v) is 4.15. The molecule has 0 aliphatic heterocycles. The van der Waals surface area contributed by atoms with E-state index in [4.69, 9.17) is 4.98 Å². The van der Waals surface area contributed by atoms with Crippen molar-refractivity contribution < 1.29 is 0 Å². The van der Waals surface area contributed by atoms with E-state index in [1.54, 1.807) is 11.3 Å². The zero-order chi connectivity index (χ0) is 14.2. The molecule has 21 heavy (non-hydrogen) atoms. The third-order valence-corrected chi connectivity index (χ3v) is 5.36. The van der Waals surface area contributed by atoms with Crippen molar-refractivity contribution in [2.75, 3.05) is 0 Å². The molecule has 0 aliphatic rings. The summed E-state index contributed by atoms with van der Waals surface area (Å²) in [6.45, 7) is 0. The first-order chi connectivity index (χ1) is 10.4. The van der Waals surface area contributed by atoms with Gasteiger partial charge in [0.05, 0.1) is 10.2 Å². The summed E-state index contributed by atoms with van der Waals surface area (Å²) in [6.07, 6.45) is 0. The van der Waals surface area contributed by atoms with Crippen LogP contribution in [0.2, 0.25) is 0 Å². The van der Waals surface area contributed by atoms with Crippen LogP contribution in [-0.2, 0) is 5.33 Å². The van der Waals surface area contributed by atoms with Gasteiger partial charge in [-0.2, -0.15) is 0 Å². The van der Waals surface area contributed by atoms with Gasteiger partial charge in [0.1, 0.15) is 5.01 Å². The number of fused-ring (bicyclic) bond motifs is 2. The van der Waals surface area contributed by atoms with Crippen molar-refractivity contribution in [1.82, 2.24) is 4.98 Å². The topological polar surface area (TPSA) is 12.9 Å². The van der Waals surface area contributed by atoms with Crippen molar-refractivity contribution in [2.45, 2.75) is 5.33 Å². The molecule has 0 spiro atoms. The molecule has 0 unspecified atom stereocenters. The van der Waals surface area contributed by atoms with Crippen LogP contribution in [0, 0.1) is 0 Å². The van der Waals surface area contributed by atoms with E-state index in [0.717, 1.165) is 15.9 Å². The highest BCUT2D eigenvalue weighted by molar-refractivity contribution is 9.08. The Bertz CT molecular complexity index is 909. The summed E-state index contributed by atoms with van der Waals surface area (Å²) in [6, 6.07) is 21.2. The number of aromatic nitrogens is 1. The first-order valence-electron chi connectivity index (χ1n) is 6.79. The largest absolute Gasteiger partial charge is 0.236 e. The predicted octanol–water partition coefficient (Wildman–Crippen LogP) is 6.01. The van der Waals surface area contributed by atoms with Crippen LogP contribution in [-0.4, -0.2) is 4.98 Å². The van der Waals surface area contributed by atoms with E-state index in [1.165, 1.54) is 26.6 Å². The fraction of sp³-hybridized carbons (Fsp3) is 0.0556. The second kappa shape index (κ2) is 5.24. The number of para-hydroxylation sites is 1. The Morgan fingerprint density at radius 2 is 1.62 bits per heavy atom. The molecule has 0 aliphatic carbocycles. The number of benzene rings is 3. The zero-order valence-corrected chi connectivity index (χ0v) is 13.6. The Morgan fingerprint density at radius 3 is 2.43 bits per heavy atom. The van der Waals surface area contributed by atoms with Crippen LogP contribution in [0.5, 0.6) is 0 Å². The van der Waals surface area contributed by atoms with Gasteiger partial charge in [-0.05, 0) is 28.5 Å². The van der Waals surface area contributed by atoms with Crippen LogP contribution in [0.1, 0.15) is 5.56 Å². The lowest BCUT2D eigenvalue weighted by atomic mass is 10.0. The molecule has 0 atom stereocenters. The smallest absolute Gasteiger partial charge is 0.125 e. The molecule has 0 saturated carbocycles. The lowest BCUT2D eigenvalue weighted by molar-refractivity contribution is 1.46. The molecule has 3 aromatic carbocycles. The Morgan fingerprint density at radius 1 is 0.857 bits per heavy atom. The molecule has 102 valence electrons. The predicted molar refractivity (Wildman–Crippen MR) is 95.2 cm³/mol. The van der Waals surface area contributed by atoms with Crippen molar-refractivity contribution in [1.29, 1.82) is 0 Å². The Labute approximate surface area is 135 Å². The van der Waals surface area contributed by atoms with E-state index in [1.807, 2.05) is 6.07 Å². The minimum atomic E-state index is 0.869. The minimum absolute atomic E-state index is 0.869. The number of thiazole rings is 1. The van der Waals surface area contributed by atoms with E-state index in [0.29, 0.717) is 0 Å². The van der Waals surface area contributed by atoms with Gasteiger partial charge in [-0.25, -0.2) is 4.98 Å². The summed E-state index contributed by atoms with van der Waals surface area (Å²) in [7, 11) is 0. The van der Waals surface area contributed by atoms with Gasteiger partial charge in [-0.15, -0.1) is 11.3 Å². The highest BCUT2D eigenvalue weighted by Gasteiger charge is 2.11. The van der Waals surface area contributed by atoms with Gasteiger partial charge in [0.2, 0.25) is 0 Å². The second-order valence-corrected chi connectivity index (χ2v) is 6.53. The van der Waals surface area contributed by atoms with Crippen molar-refractivity contribution >= 4 is 48.3 Å². The standard InChI is InChI=1S/C18H12BrNS/c19-11-12-9-10-15(14-6-2-1-5-13(12)14)18-20-16-7-3-4-8-17(16)21-18/h1-10H,11H2. The van der Waals surface area contributed by atoms with Crippen LogP contribution >= 0.6 is 27.3 Å². The monoisotopic (exact) mass is 353 g/mol. The number of rotatable bonds is 2. The summed E-state index contributed by atoms with van der Waals surface area (Å²) < 4.78 is 1.24. The maximum Gasteiger partial charge on any atom is 0.125 e. The molecule has 1 aromatic heterocycles. The first kappa shape index (κ1) is 13.0. The molecule has 0 radical (unpaired) electrons. The van der Waals surface area contributed by atoms with Gasteiger partial charge >= 0.3 is 0 Å². The number of halogens is 1. The van der Waals surface area contributed by atoms with E-state index in [9.17, 15) is 0 Å². The molecule has 0 N–H and O–H groups in total. The highest BCUT2D eigenvalue weighted by atomic mass is 79.9. The molecule has 4 aromatic rings. The number of hydrogen-bond acceptors (Lipinski definition) is 2. The number of alkyl halides is 1. The van der Waals surface area contributed by atoms with Crippen LogP contribution in [0.15, 0.2) is 60.7 Å². The summed E-state index contributed by atoms with van der Waals surface area (Å²) in [5.41, 5.74) is 3.61. The Kier molecular flexibility index (Phi) is 3.24. The first-order valence-corrected chi connectivity index (χ1v) is 8.73. The number of hydrogen-bond donors (Lipinski definition) is 0. The lowest BCUT2D eigenvalue weighted by Crippen LogP contribution is -1.85. The zero-order valence-electron chi connectivity index (χ0n) is 11.2. The lowest BCUT2D eigenvalue weighted by Gasteiger charge is -2.07. The average molecular weight is 354 g/mol. The van der Waals surface area contributed by atoms with Gasteiger partial charge in [-0.3, -0.25) is 0 Å². The van der Waals surface area contributed by atoms with Crippen molar-refractivity contribution in [3.05, 3.63) is 66.2 Å². The summed E-state index contributed by atoms with van der Waals surface area (Å²) in [5, 5.41) is 4.53. The molecule has 4 rings (SSSR count). The van der Waals surface area contributed by atoms with Crippen LogP contribution in [0.25, 0.3) is 31.6 Å².